The van der Waals surface area contributed by atoms with Crippen LogP contribution in [-0.4, -0.2) is 26.0 Å². The molecule has 2 N–H and O–H groups in total. The van der Waals surface area contributed by atoms with Crippen molar-refractivity contribution in [2.24, 2.45) is 11.8 Å². The summed E-state index contributed by atoms with van der Waals surface area (Å²) in [6, 6.07) is 6.67. The van der Waals surface area contributed by atoms with Gasteiger partial charge >= 0.3 is 5.97 Å². The lowest BCUT2D eigenvalue weighted by Gasteiger charge is -2.15. The highest BCUT2D eigenvalue weighted by atomic mass is 35.5. The van der Waals surface area contributed by atoms with Gasteiger partial charge in [0.15, 0.2) is 0 Å². The maximum Gasteiger partial charge on any atom is 0.307 e. The normalized spacial score (nSPS) is 13.3. The topological polar surface area (TPSA) is 83.5 Å². The molecule has 1 rings (SSSR count). The van der Waals surface area contributed by atoms with E-state index in [9.17, 15) is 13.2 Å². The maximum absolute atomic E-state index is 12.0. The molecular formula is C14H20ClNO4S. The Morgan fingerprint density at radius 2 is 1.95 bits per heavy atom. The number of halogens is 1. The Morgan fingerprint density at radius 3 is 2.48 bits per heavy atom. The highest BCUT2D eigenvalue weighted by molar-refractivity contribution is 7.88. The lowest BCUT2D eigenvalue weighted by atomic mass is 9.98. The number of carboxylic acids is 1. The fourth-order valence-electron chi connectivity index (χ4n) is 1.94. The van der Waals surface area contributed by atoms with Gasteiger partial charge in [0.2, 0.25) is 10.0 Å². The molecule has 5 nitrogen and oxygen atoms in total. The average molecular weight is 334 g/mol. The molecule has 0 aliphatic carbocycles. The third kappa shape index (κ3) is 6.46. The summed E-state index contributed by atoms with van der Waals surface area (Å²) in [6.07, 6.45) is 0.421. The minimum atomic E-state index is -3.62. The van der Waals surface area contributed by atoms with E-state index in [1.807, 2.05) is 13.8 Å². The molecule has 21 heavy (non-hydrogen) atoms. The van der Waals surface area contributed by atoms with Crippen molar-refractivity contribution in [2.75, 3.05) is 6.54 Å². The summed E-state index contributed by atoms with van der Waals surface area (Å²) < 4.78 is 26.4. The molecule has 0 radical (unpaired) electrons. The predicted octanol–water partition coefficient (Wildman–Crippen LogP) is 2.51. The van der Waals surface area contributed by atoms with Crippen molar-refractivity contribution in [1.29, 1.82) is 0 Å². The molecule has 1 atom stereocenters. The predicted molar refractivity (Wildman–Crippen MR) is 82.7 cm³/mol. The van der Waals surface area contributed by atoms with Crippen LogP contribution in [0.2, 0.25) is 5.02 Å². The number of carbonyl (C=O) groups is 1. The van der Waals surface area contributed by atoms with Gasteiger partial charge in [0.05, 0.1) is 11.7 Å². The first-order valence-corrected chi connectivity index (χ1v) is 8.68. The molecule has 1 aromatic carbocycles. The number of sulfonamides is 1. The molecule has 0 aromatic heterocycles. The van der Waals surface area contributed by atoms with Crippen molar-refractivity contribution >= 4 is 27.6 Å². The lowest BCUT2D eigenvalue weighted by molar-refractivity contribution is -0.142. The van der Waals surface area contributed by atoms with E-state index in [1.165, 1.54) is 0 Å². The molecule has 1 aromatic rings. The Bertz CT molecular complexity index is 586. The van der Waals surface area contributed by atoms with Crippen LogP contribution < -0.4 is 4.72 Å². The van der Waals surface area contributed by atoms with Crippen molar-refractivity contribution in [1.82, 2.24) is 4.72 Å². The molecule has 0 aliphatic rings. The SMILES string of the molecule is CC(C)CC(CNS(=O)(=O)Cc1ccccc1Cl)C(=O)O. The van der Waals surface area contributed by atoms with Gasteiger partial charge in [-0.15, -0.1) is 0 Å². The van der Waals surface area contributed by atoms with Crippen LogP contribution in [0.1, 0.15) is 25.8 Å². The van der Waals surface area contributed by atoms with E-state index in [2.05, 4.69) is 4.72 Å². The van der Waals surface area contributed by atoms with Gasteiger partial charge in [0.25, 0.3) is 0 Å². The number of rotatable bonds is 8. The van der Waals surface area contributed by atoms with E-state index in [0.717, 1.165) is 0 Å². The largest absolute Gasteiger partial charge is 0.481 e. The van der Waals surface area contributed by atoms with Gasteiger partial charge in [-0.25, -0.2) is 13.1 Å². The molecule has 0 spiro atoms. The first kappa shape index (κ1) is 17.9. The molecule has 0 bridgehead atoms. The molecule has 0 saturated heterocycles. The Kier molecular flexibility index (Phi) is 6.64. The Labute approximate surface area is 130 Å². The minimum absolute atomic E-state index is 0.111. The van der Waals surface area contributed by atoms with Crippen LogP contribution in [-0.2, 0) is 20.6 Å². The highest BCUT2D eigenvalue weighted by Gasteiger charge is 2.22. The van der Waals surface area contributed by atoms with E-state index < -0.39 is 21.9 Å². The summed E-state index contributed by atoms with van der Waals surface area (Å²) in [4.78, 5) is 11.1. The quantitative estimate of drug-likeness (QED) is 0.765. The summed E-state index contributed by atoms with van der Waals surface area (Å²) >= 11 is 5.93. The van der Waals surface area contributed by atoms with Gasteiger partial charge in [0.1, 0.15) is 0 Å². The first-order chi connectivity index (χ1) is 9.71. The summed E-state index contributed by atoms with van der Waals surface area (Å²) in [5.74, 6) is -1.81. The fourth-order valence-corrected chi connectivity index (χ4v) is 3.44. The van der Waals surface area contributed by atoms with E-state index in [1.54, 1.807) is 24.3 Å². The molecule has 0 heterocycles. The summed E-state index contributed by atoms with van der Waals surface area (Å²) in [5, 5.41) is 9.47. The standard InChI is InChI=1S/C14H20ClNO4S/c1-10(2)7-12(14(17)18)8-16-21(19,20)9-11-5-3-4-6-13(11)15/h3-6,10,12,16H,7-9H2,1-2H3,(H,17,18). The molecule has 0 fully saturated rings. The highest BCUT2D eigenvalue weighted by Crippen LogP contribution is 2.17. The molecule has 0 aliphatic heterocycles. The van der Waals surface area contributed by atoms with Crippen LogP contribution in [0.4, 0.5) is 0 Å². The zero-order chi connectivity index (χ0) is 16.0. The van der Waals surface area contributed by atoms with Crippen LogP contribution >= 0.6 is 11.6 Å². The number of benzene rings is 1. The maximum atomic E-state index is 12.0. The summed E-state index contributed by atoms with van der Waals surface area (Å²) in [7, 11) is -3.62. The van der Waals surface area contributed by atoms with E-state index >= 15 is 0 Å². The smallest absolute Gasteiger partial charge is 0.307 e. The second kappa shape index (κ2) is 7.77. The summed E-state index contributed by atoms with van der Waals surface area (Å²) in [6.45, 7) is 3.68. The lowest BCUT2D eigenvalue weighted by Crippen LogP contribution is -2.34. The molecule has 0 amide bonds. The number of carboxylic acid groups (broad SMARTS) is 1. The molecular weight excluding hydrogens is 314 g/mol. The number of aliphatic carboxylic acids is 1. The number of nitrogens with one attached hydrogen (secondary N) is 1. The monoisotopic (exact) mass is 333 g/mol. The van der Waals surface area contributed by atoms with Crippen LogP contribution in [0.5, 0.6) is 0 Å². The molecule has 118 valence electrons. The second-order valence-corrected chi connectivity index (χ2v) is 7.58. The van der Waals surface area contributed by atoms with Crippen molar-refractivity contribution < 1.29 is 18.3 Å². The Hall–Kier alpha value is -1.11. The minimum Gasteiger partial charge on any atom is -0.481 e. The van der Waals surface area contributed by atoms with Crippen molar-refractivity contribution in [2.45, 2.75) is 26.0 Å². The van der Waals surface area contributed by atoms with Crippen molar-refractivity contribution in [3.05, 3.63) is 34.9 Å². The third-order valence-corrected chi connectivity index (χ3v) is 4.62. The molecule has 7 heteroatoms. The van der Waals surface area contributed by atoms with Gasteiger partial charge < -0.3 is 5.11 Å². The van der Waals surface area contributed by atoms with Gasteiger partial charge in [-0.05, 0) is 24.0 Å². The van der Waals surface area contributed by atoms with E-state index in [-0.39, 0.29) is 18.2 Å². The Balaban J connectivity index is 2.68. The number of hydrogen-bond donors (Lipinski definition) is 2. The van der Waals surface area contributed by atoms with Gasteiger partial charge in [-0.3, -0.25) is 4.79 Å². The zero-order valence-corrected chi connectivity index (χ0v) is 13.6. The molecule has 1 unspecified atom stereocenters. The van der Waals surface area contributed by atoms with Crippen LogP contribution in [0.15, 0.2) is 24.3 Å². The van der Waals surface area contributed by atoms with Crippen LogP contribution in [0.25, 0.3) is 0 Å². The molecule has 0 saturated carbocycles. The van der Waals surface area contributed by atoms with Gasteiger partial charge in [-0.1, -0.05) is 43.6 Å². The van der Waals surface area contributed by atoms with Gasteiger partial charge in [0, 0.05) is 11.6 Å². The second-order valence-electron chi connectivity index (χ2n) is 5.36. The first-order valence-electron chi connectivity index (χ1n) is 6.65. The van der Waals surface area contributed by atoms with E-state index in [0.29, 0.717) is 17.0 Å². The Morgan fingerprint density at radius 1 is 1.33 bits per heavy atom. The summed E-state index contributed by atoms with van der Waals surface area (Å²) in [5.41, 5.74) is 0.488. The average Bonchev–Trinajstić information content (AvgIpc) is 2.36. The third-order valence-electron chi connectivity index (χ3n) is 2.96. The van der Waals surface area contributed by atoms with Crippen molar-refractivity contribution in [3.8, 4) is 0 Å². The fraction of sp³-hybridized carbons (Fsp3) is 0.500. The van der Waals surface area contributed by atoms with Gasteiger partial charge in [-0.2, -0.15) is 0 Å². The number of hydrogen-bond acceptors (Lipinski definition) is 3. The van der Waals surface area contributed by atoms with Crippen molar-refractivity contribution in [3.63, 3.8) is 0 Å². The van der Waals surface area contributed by atoms with Crippen LogP contribution in [0, 0.1) is 11.8 Å². The van der Waals surface area contributed by atoms with E-state index in [4.69, 9.17) is 16.7 Å². The zero-order valence-electron chi connectivity index (χ0n) is 12.0. The van der Waals surface area contributed by atoms with Crippen LogP contribution in [0.3, 0.4) is 0 Å².